The Bertz CT molecular complexity index is 886. The van der Waals surface area contributed by atoms with E-state index in [4.69, 9.17) is 30.5 Å². The number of rotatable bonds is 9. The summed E-state index contributed by atoms with van der Waals surface area (Å²) in [5.41, 5.74) is 1.43. The molecule has 7 nitrogen and oxygen atoms in total. The highest BCUT2D eigenvalue weighted by molar-refractivity contribution is 6.31. The third-order valence-corrected chi connectivity index (χ3v) is 5.46. The van der Waals surface area contributed by atoms with E-state index in [1.54, 1.807) is 25.3 Å². The monoisotopic (exact) mass is 448 g/mol. The summed E-state index contributed by atoms with van der Waals surface area (Å²) in [6.45, 7) is 5.75. The summed E-state index contributed by atoms with van der Waals surface area (Å²) in [4.78, 5) is 15.2. The maximum absolute atomic E-state index is 12.9. The number of morpholine rings is 1. The number of carbonyl (C=O) groups is 1. The van der Waals surface area contributed by atoms with Crippen LogP contribution in [0.25, 0.3) is 0 Å². The van der Waals surface area contributed by atoms with E-state index < -0.39 is 0 Å². The van der Waals surface area contributed by atoms with Gasteiger partial charge in [0, 0.05) is 24.7 Å². The summed E-state index contributed by atoms with van der Waals surface area (Å²) in [6.07, 6.45) is 0. The minimum Gasteiger partial charge on any atom is -0.496 e. The van der Waals surface area contributed by atoms with Crippen molar-refractivity contribution in [2.24, 2.45) is 0 Å². The van der Waals surface area contributed by atoms with Crippen LogP contribution < -0.4 is 19.5 Å². The van der Waals surface area contributed by atoms with Crippen molar-refractivity contribution in [1.29, 1.82) is 0 Å². The van der Waals surface area contributed by atoms with E-state index in [-0.39, 0.29) is 11.9 Å². The van der Waals surface area contributed by atoms with Crippen LogP contribution in [0.15, 0.2) is 36.4 Å². The first-order chi connectivity index (χ1) is 15.1. The number of halogens is 1. The molecule has 1 aliphatic rings. The number of hydrogen-bond donors (Lipinski definition) is 1. The van der Waals surface area contributed by atoms with Crippen molar-refractivity contribution >= 4 is 17.5 Å². The first kappa shape index (κ1) is 23.2. The smallest absolute Gasteiger partial charge is 0.255 e. The Kier molecular flexibility index (Phi) is 8.40. The second kappa shape index (κ2) is 11.2. The molecule has 31 heavy (non-hydrogen) atoms. The summed E-state index contributed by atoms with van der Waals surface area (Å²) < 4.78 is 22.0. The molecule has 0 aliphatic carbocycles. The van der Waals surface area contributed by atoms with E-state index in [0.29, 0.717) is 54.2 Å². The number of methoxy groups -OCH3 is 2. The van der Waals surface area contributed by atoms with Crippen LogP contribution in [-0.4, -0.2) is 64.5 Å². The molecule has 3 rings (SSSR count). The van der Waals surface area contributed by atoms with Crippen molar-refractivity contribution in [3.8, 4) is 17.2 Å². The molecular formula is C23H29ClN2O5. The predicted molar refractivity (Wildman–Crippen MR) is 120 cm³/mol. The lowest BCUT2D eigenvalue weighted by Gasteiger charge is -2.35. The molecule has 0 bridgehead atoms. The van der Waals surface area contributed by atoms with E-state index in [2.05, 4.69) is 10.2 Å². The number of amides is 1. The lowest BCUT2D eigenvalue weighted by Crippen LogP contribution is -2.43. The molecule has 1 amide bonds. The summed E-state index contributed by atoms with van der Waals surface area (Å²) in [5.74, 6) is 1.60. The highest BCUT2D eigenvalue weighted by Gasteiger charge is 2.25. The Hall–Kier alpha value is -2.48. The normalized spacial score (nSPS) is 15.2. The Labute approximate surface area is 188 Å². The fourth-order valence-corrected chi connectivity index (χ4v) is 3.83. The van der Waals surface area contributed by atoms with Crippen LogP contribution >= 0.6 is 11.6 Å². The van der Waals surface area contributed by atoms with Gasteiger partial charge in [-0.2, -0.15) is 0 Å². The van der Waals surface area contributed by atoms with Crippen LogP contribution in [0, 0.1) is 0 Å². The van der Waals surface area contributed by atoms with Crippen molar-refractivity contribution in [1.82, 2.24) is 10.2 Å². The number of nitrogens with one attached hydrogen (secondary N) is 1. The first-order valence-electron chi connectivity index (χ1n) is 10.3. The number of nitrogens with zero attached hydrogens (tertiary/aromatic N) is 1. The van der Waals surface area contributed by atoms with E-state index >= 15 is 0 Å². The van der Waals surface area contributed by atoms with Gasteiger partial charge in [0.1, 0.15) is 5.75 Å². The van der Waals surface area contributed by atoms with Gasteiger partial charge in [0.15, 0.2) is 11.5 Å². The molecule has 1 unspecified atom stereocenters. The zero-order valence-electron chi connectivity index (χ0n) is 18.2. The third-order valence-electron chi connectivity index (χ3n) is 5.22. The van der Waals surface area contributed by atoms with Crippen LogP contribution in [0.2, 0.25) is 5.02 Å². The van der Waals surface area contributed by atoms with Gasteiger partial charge in [-0.1, -0.05) is 17.7 Å². The van der Waals surface area contributed by atoms with Crippen LogP contribution in [0.4, 0.5) is 0 Å². The fourth-order valence-electron chi connectivity index (χ4n) is 3.66. The summed E-state index contributed by atoms with van der Waals surface area (Å²) in [7, 11) is 3.15. The topological polar surface area (TPSA) is 69.3 Å². The van der Waals surface area contributed by atoms with Crippen molar-refractivity contribution in [2.75, 3.05) is 53.7 Å². The predicted octanol–water partition coefficient (Wildman–Crippen LogP) is 3.56. The van der Waals surface area contributed by atoms with Gasteiger partial charge in [0.25, 0.3) is 5.91 Å². The quantitative estimate of drug-likeness (QED) is 0.632. The molecule has 0 spiro atoms. The van der Waals surface area contributed by atoms with Gasteiger partial charge in [0.2, 0.25) is 0 Å². The van der Waals surface area contributed by atoms with Crippen LogP contribution in [0.5, 0.6) is 17.2 Å². The lowest BCUT2D eigenvalue weighted by atomic mass is 10.0. The average Bonchev–Trinajstić information content (AvgIpc) is 2.80. The molecule has 1 saturated heterocycles. The number of hydrogen-bond acceptors (Lipinski definition) is 6. The zero-order chi connectivity index (χ0) is 22.2. The Morgan fingerprint density at radius 2 is 1.81 bits per heavy atom. The lowest BCUT2D eigenvalue weighted by molar-refractivity contribution is 0.0162. The molecular weight excluding hydrogens is 420 g/mol. The molecule has 2 aromatic carbocycles. The van der Waals surface area contributed by atoms with E-state index in [1.165, 1.54) is 7.11 Å². The maximum atomic E-state index is 12.9. The molecule has 8 heteroatoms. The fraction of sp³-hybridized carbons (Fsp3) is 0.435. The largest absolute Gasteiger partial charge is 0.496 e. The Balaban J connectivity index is 1.83. The van der Waals surface area contributed by atoms with E-state index in [1.807, 2.05) is 25.1 Å². The minimum atomic E-state index is -0.240. The number of ether oxygens (including phenoxy) is 4. The molecule has 1 heterocycles. The summed E-state index contributed by atoms with van der Waals surface area (Å²) >= 11 is 6.09. The number of carbonyl (C=O) groups excluding carboxylic acids is 1. The Morgan fingerprint density at radius 3 is 2.48 bits per heavy atom. The Morgan fingerprint density at radius 1 is 1.10 bits per heavy atom. The average molecular weight is 449 g/mol. The van der Waals surface area contributed by atoms with E-state index in [9.17, 15) is 4.79 Å². The van der Waals surface area contributed by atoms with Gasteiger partial charge in [-0.25, -0.2) is 0 Å². The molecule has 2 aromatic rings. The third kappa shape index (κ3) is 5.81. The molecule has 1 atom stereocenters. The molecule has 1 N–H and O–H groups in total. The van der Waals surface area contributed by atoms with E-state index in [0.717, 1.165) is 18.7 Å². The van der Waals surface area contributed by atoms with Gasteiger partial charge in [-0.15, -0.1) is 0 Å². The van der Waals surface area contributed by atoms with Gasteiger partial charge >= 0.3 is 0 Å². The van der Waals surface area contributed by atoms with Crippen molar-refractivity contribution < 1.29 is 23.7 Å². The maximum Gasteiger partial charge on any atom is 0.255 e. The summed E-state index contributed by atoms with van der Waals surface area (Å²) in [5, 5.41) is 3.52. The molecule has 1 aliphatic heterocycles. The van der Waals surface area contributed by atoms with Gasteiger partial charge in [0.05, 0.1) is 45.6 Å². The first-order valence-corrected chi connectivity index (χ1v) is 10.7. The molecule has 0 saturated carbocycles. The highest BCUT2D eigenvalue weighted by Crippen LogP contribution is 2.32. The van der Waals surface area contributed by atoms with Crippen LogP contribution in [-0.2, 0) is 4.74 Å². The SMILES string of the molecule is CCOc1ccc(C(CNC(=O)c2cc(Cl)ccc2OC)N2CCOCC2)cc1OC. The second-order valence-electron chi connectivity index (χ2n) is 7.06. The molecule has 0 aromatic heterocycles. The van der Waals surface area contributed by atoms with Crippen molar-refractivity contribution in [3.05, 3.63) is 52.5 Å². The molecule has 1 fully saturated rings. The van der Waals surface area contributed by atoms with Crippen molar-refractivity contribution in [3.63, 3.8) is 0 Å². The van der Waals surface area contributed by atoms with Crippen molar-refractivity contribution in [2.45, 2.75) is 13.0 Å². The van der Waals surface area contributed by atoms with Gasteiger partial charge in [-0.3, -0.25) is 9.69 Å². The minimum absolute atomic E-state index is 0.0531. The molecule has 168 valence electrons. The second-order valence-corrected chi connectivity index (χ2v) is 7.50. The standard InChI is InChI=1S/C23H29ClN2O5/c1-4-31-21-7-5-16(13-22(21)29-3)19(26-9-11-30-12-10-26)15-25-23(27)18-14-17(24)6-8-20(18)28-2/h5-8,13-14,19H,4,9-12,15H2,1-3H3,(H,25,27). The number of benzene rings is 2. The van der Waals surface area contributed by atoms with Gasteiger partial charge in [-0.05, 0) is 42.8 Å². The molecule has 0 radical (unpaired) electrons. The van der Waals surface area contributed by atoms with Crippen LogP contribution in [0.1, 0.15) is 28.9 Å². The highest BCUT2D eigenvalue weighted by atomic mass is 35.5. The van der Waals surface area contributed by atoms with Crippen LogP contribution in [0.3, 0.4) is 0 Å². The summed E-state index contributed by atoms with van der Waals surface area (Å²) in [6, 6.07) is 10.8. The van der Waals surface area contributed by atoms with Gasteiger partial charge < -0.3 is 24.3 Å². The zero-order valence-corrected chi connectivity index (χ0v) is 18.9.